The zero-order chi connectivity index (χ0) is 17.5. The summed E-state index contributed by atoms with van der Waals surface area (Å²) >= 11 is 5.38. The van der Waals surface area contributed by atoms with Gasteiger partial charge in [0, 0.05) is 44.1 Å². The Labute approximate surface area is 155 Å². The van der Waals surface area contributed by atoms with Gasteiger partial charge in [0.15, 0.2) is 5.11 Å². The van der Waals surface area contributed by atoms with Gasteiger partial charge in [-0.2, -0.15) is 0 Å². The molecule has 1 aliphatic heterocycles. The summed E-state index contributed by atoms with van der Waals surface area (Å²) < 4.78 is 0. The molecule has 2 N–H and O–H groups in total. The van der Waals surface area contributed by atoms with Gasteiger partial charge in [0.2, 0.25) is 0 Å². The lowest BCUT2D eigenvalue weighted by molar-refractivity contribution is 0.313. The maximum Gasteiger partial charge on any atom is 0.170 e. The molecule has 4 nitrogen and oxygen atoms in total. The van der Waals surface area contributed by atoms with Crippen LogP contribution in [0.15, 0.2) is 54.6 Å². The highest BCUT2D eigenvalue weighted by atomic mass is 32.1. The molecule has 1 fully saturated rings. The number of nitrogens with one attached hydrogen (secondary N) is 2. The Bertz CT molecular complexity index is 664. The molecule has 1 heterocycles. The van der Waals surface area contributed by atoms with E-state index < -0.39 is 0 Å². The molecule has 0 radical (unpaired) electrons. The van der Waals surface area contributed by atoms with Gasteiger partial charge in [-0.1, -0.05) is 30.3 Å². The van der Waals surface area contributed by atoms with Crippen LogP contribution < -0.4 is 15.5 Å². The van der Waals surface area contributed by atoms with Crippen molar-refractivity contribution in [3.8, 4) is 0 Å². The minimum atomic E-state index is 0.670. The maximum absolute atomic E-state index is 5.38. The fourth-order valence-electron chi connectivity index (χ4n) is 2.96. The van der Waals surface area contributed by atoms with Gasteiger partial charge < -0.3 is 20.4 Å². The molecule has 2 aromatic rings. The Morgan fingerprint density at radius 3 is 2.32 bits per heavy atom. The standard InChI is InChI=1S/C20H26N4S/c1-23-13-15-24(16-14-23)19-9-7-18(8-10-19)22-20(25)21-12-11-17-5-3-2-4-6-17/h2-10H,11-16H2,1H3,(H2,21,22,25). The van der Waals surface area contributed by atoms with Crippen molar-refractivity contribution in [1.82, 2.24) is 10.2 Å². The van der Waals surface area contributed by atoms with Gasteiger partial charge in [-0.15, -0.1) is 0 Å². The molecule has 0 saturated carbocycles. The van der Waals surface area contributed by atoms with E-state index in [1.54, 1.807) is 0 Å². The molecule has 0 aliphatic carbocycles. The summed E-state index contributed by atoms with van der Waals surface area (Å²) in [5, 5.41) is 7.20. The highest BCUT2D eigenvalue weighted by molar-refractivity contribution is 7.80. The summed E-state index contributed by atoms with van der Waals surface area (Å²) in [6.07, 6.45) is 0.963. The molecule has 25 heavy (non-hydrogen) atoms. The van der Waals surface area contributed by atoms with E-state index in [2.05, 4.69) is 76.0 Å². The summed E-state index contributed by atoms with van der Waals surface area (Å²) in [4.78, 5) is 4.80. The van der Waals surface area contributed by atoms with Crippen LogP contribution in [0.3, 0.4) is 0 Å². The van der Waals surface area contributed by atoms with E-state index in [0.29, 0.717) is 5.11 Å². The van der Waals surface area contributed by atoms with Crippen molar-refractivity contribution < 1.29 is 0 Å². The van der Waals surface area contributed by atoms with Crippen LogP contribution in [-0.2, 0) is 6.42 Å². The van der Waals surface area contributed by atoms with Crippen molar-refractivity contribution in [2.24, 2.45) is 0 Å². The third-order valence-corrected chi connectivity index (χ3v) is 4.78. The highest BCUT2D eigenvalue weighted by Crippen LogP contribution is 2.19. The van der Waals surface area contributed by atoms with Crippen LogP contribution in [-0.4, -0.2) is 49.8 Å². The Balaban J connectivity index is 1.44. The molecule has 5 heteroatoms. The third kappa shape index (κ3) is 5.44. The smallest absolute Gasteiger partial charge is 0.170 e. The van der Waals surface area contributed by atoms with E-state index in [-0.39, 0.29) is 0 Å². The first-order chi connectivity index (χ1) is 12.2. The third-order valence-electron chi connectivity index (χ3n) is 4.54. The lowest BCUT2D eigenvalue weighted by Crippen LogP contribution is -2.44. The minimum absolute atomic E-state index is 0.670. The van der Waals surface area contributed by atoms with E-state index in [1.807, 2.05) is 6.07 Å². The van der Waals surface area contributed by atoms with Crippen molar-refractivity contribution in [3.63, 3.8) is 0 Å². The number of hydrogen-bond donors (Lipinski definition) is 2. The first-order valence-electron chi connectivity index (χ1n) is 8.83. The predicted octanol–water partition coefficient (Wildman–Crippen LogP) is 2.97. The number of rotatable bonds is 5. The van der Waals surface area contributed by atoms with Gasteiger partial charge in [0.25, 0.3) is 0 Å². The molecule has 132 valence electrons. The number of piperazine rings is 1. The number of nitrogens with zero attached hydrogens (tertiary/aromatic N) is 2. The van der Waals surface area contributed by atoms with Crippen LogP contribution in [0.5, 0.6) is 0 Å². The fourth-order valence-corrected chi connectivity index (χ4v) is 3.18. The zero-order valence-electron chi connectivity index (χ0n) is 14.7. The first-order valence-corrected chi connectivity index (χ1v) is 9.24. The Hall–Kier alpha value is -2.11. The highest BCUT2D eigenvalue weighted by Gasteiger charge is 2.13. The quantitative estimate of drug-likeness (QED) is 0.806. The molecule has 0 bridgehead atoms. The van der Waals surface area contributed by atoms with Crippen LogP contribution in [0.25, 0.3) is 0 Å². The number of thiocarbonyl (C=S) groups is 1. The fraction of sp³-hybridized carbons (Fsp3) is 0.350. The molecule has 1 saturated heterocycles. The Morgan fingerprint density at radius 2 is 1.64 bits per heavy atom. The first kappa shape index (κ1) is 17.7. The molecular formula is C20H26N4S. The largest absolute Gasteiger partial charge is 0.369 e. The molecule has 0 amide bonds. The average Bonchev–Trinajstić information content (AvgIpc) is 2.64. The van der Waals surface area contributed by atoms with E-state index in [0.717, 1.165) is 44.8 Å². The van der Waals surface area contributed by atoms with Gasteiger partial charge in [-0.25, -0.2) is 0 Å². The molecule has 0 unspecified atom stereocenters. The summed E-state index contributed by atoms with van der Waals surface area (Å²) in [7, 11) is 2.18. The Morgan fingerprint density at radius 1 is 0.960 bits per heavy atom. The van der Waals surface area contributed by atoms with Crippen molar-refractivity contribution in [3.05, 3.63) is 60.2 Å². The second-order valence-electron chi connectivity index (χ2n) is 6.45. The monoisotopic (exact) mass is 354 g/mol. The van der Waals surface area contributed by atoms with Crippen molar-refractivity contribution in [2.45, 2.75) is 6.42 Å². The summed E-state index contributed by atoms with van der Waals surface area (Å²) in [5.41, 5.74) is 3.62. The SMILES string of the molecule is CN1CCN(c2ccc(NC(=S)NCCc3ccccc3)cc2)CC1. The van der Waals surface area contributed by atoms with E-state index >= 15 is 0 Å². The Kier molecular flexibility index (Phi) is 6.25. The average molecular weight is 355 g/mol. The molecule has 0 atom stereocenters. The van der Waals surface area contributed by atoms with E-state index in [4.69, 9.17) is 12.2 Å². The lowest BCUT2D eigenvalue weighted by Gasteiger charge is -2.34. The molecule has 0 spiro atoms. The van der Waals surface area contributed by atoms with Crippen molar-refractivity contribution >= 4 is 28.7 Å². The number of benzene rings is 2. The van der Waals surface area contributed by atoms with Crippen LogP contribution in [0, 0.1) is 0 Å². The summed E-state index contributed by atoms with van der Waals surface area (Å²) in [5.74, 6) is 0. The van der Waals surface area contributed by atoms with Crippen LogP contribution in [0.2, 0.25) is 0 Å². The molecular weight excluding hydrogens is 328 g/mol. The van der Waals surface area contributed by atoms with Gasteiger partial charge in [-0.05, 0) is 55.5 Å². The van der Waals surface area contributed by atoms with E-state index in [1.165, 1.54) is 11.3 Å². The molecule has 0 aromatic heterocycles. The van der Waals surface area contributed by atoms with Gasteiger partial charge >= 0.3 is 0 Å². The van der Waals surface area contributed by atoms with Crippen LogP contribution in [0.1, 0.15) is 5.56 Å². The zero-order valence-corrected chi connectivity index (χ0v) is 15.6. The summed E-state index contributed by atoms with van der Waals surface area (Å²) in [6.45, 7) is 5.24. The number of hydrogen-bond acceptors (Lipinski definition) is 3. The predicted molar refractivity (Wildman–Crippen MR) is 111 cm³/mol. The molecule has 2 aromatic carbocycles. The maximum atomic E-state index is 5.38. The van der Waals surface area contributed by atoms with Crippen LogP contribution in [0.4, 0.5) is 11.4 Å². The van der Waals surface area contributed by atoms with Crippen LogP contribution >= 0.6 is 12.2 Å². The molecule has 3 rings (SSSR count). The van der Waals surface area contributed by atoms with Crippen molar-refractivity contribution in [2.75, 3.05) is 50.0 Å². The second kappa shape index (κ2) is 8.83. The topological polar surface area (TPSA) is 30.5 Å². The van der Waals surface area contributed by atoms with Crippen molar-refractivity contribution in [1.29, 1.82) is 0 Å². The normalized spacial score (nSPS) is 15.0. The second-order valence-corrected chi connectivity index (χ2v) is 6.86. The van der Waals surface area contributed by atoms with E-state index in [9.17, 15) is 0 Å². The molecule has 1 aliphatic rings. The van der Waals surface area contributed by atoms with Gasteiger partial charge in [-0.3, -0.25) is 0 Å². The lowest BCUT2D eigenvalue weighted by atomic mass is 10.1. The number of likely N-dealkylation sites (N-methyl/N-ethyl adjacent to an activating group) is 1. The number of anilines is 2. The van der Waals surface area contributed by atoms with Gasteiger partial charge in [0.05, 0.1) is 0 Å². The summed E-state index contributed by atoms with van der Waals surface area (Å²) in [6, 6.07) is 19.0. The minimum Gasteiger partial charge on any atom is -0.369 e. The van der Waals surface area contributed by atoms with Gasteiger partial charge in [0.1, 0.15) is 0 Å².